The van der Waals surface area contributed by atoms with E-state index in [0.29, 0.717) is 45.0 Å². The normalized spacial score (nSPS) is 13.5. The molecule has 1 fully saturated rings. The molecule has 0 saturated carbocycles. The van der Waals surface area contributed by atoms with Crippen LogP contribution in [0.25, 0.3) is 0 Å². The molecule has 25 heavy (non-hydrogen) atoms. The van der Waals surface area contributed by atoms with Crippen molar-refractivity contribution in [2.24, 2.45) is 0 Å². The first kappa shape index (κ1) is 23.4. The molecule has 0 aliphatic carbocycles. The van der Waals surface area contributed by atoms with E-state index in [1.165, 1.54) is 0 Å². The highest BCUT2D eigenvalue weighted by Crippen LogP contribution is 2.10. The van der Waals surface area contributed by atoms with Gasteiger partial charge in [-0.3, -0.25) is 9.59 Å². The fourth-order valence-corrected chi connectivity index (χ4v) is 2.40. The fourth-order valence-electron chi connectivity index (χ4n) is 2.40. The molecule has 142 valence electrons. The third-order valence-corrected chi connectivity index (χ3v) is 3.73. The van der Waals surface area contributed by atoms with Gasteiger partial charge in [-0.25, -0.2) is 9.97 Å². The fraction of sp³-hybridized carbons (Fsp3) is 0.600. The minimum Gasteiger partial charge on any atom is -0.356 e. The van der Waals surface area contributed by atoms with E-state index in [1.54, 1.807) is 25.5 Å². The number of amides is 2. The first-order valence-electron chi connectivity index (χ1n) is 7.91. The highest BCUT2D eigenvalue weighted by molar-refractivity contribution is 5.85. The van der Waals surface area contributed by atoms with Gasteiger partial charge in [0.05, 0.1) is 0 Å². The largest absolute Gasteiger partial charge is 0.356 e. The van der Waals surface area contributed by atoms with E-state index in [-0.39, 0.29) is 36.6 Å². The minimum atomic E-state index is -0.0294. The van der Waals surface area contributed by atoms with Gasteiger partial charge in [0.2, 0.25) is 17.8 Å². The Kier molecular flexibility index (Phi) is 11.9. The van der Waals surface area contributed by atoms with Crippen LogP contribution in [0.4, 0.5) is 5.95 Å². The summed E-state index contributed by atoms with van der Waals surface area (Å²) in [6.07, 6.45) is 4.21. The van der Waals surface area contributed by atoms with E-state index >= 15 is 0 Å². The van der Waals surface area contributed by atoms with Crippen LogP contribution in [0.2, 0.25) is 0 Å². The van der Waals surface area contributed by atoms with E-state index in [0.717, 1.165) is 13.1 Å². The average molecular weight is 393 g/mol. The smallest absolute Gasteiger partial charge is 0.225 e. The highest BCUT2D eigenvalue weighted by atomic mass is 35.5. The predicted octanol–water partition coefficient (Wildman–Crippen LogP) is 0.0846. The first-order chi connectivity index (χ1) is 11.2. The molecule has 1 saturated heterocycles. The number of rotatable bonds is 7. The van der Waals surface area contributed by atoms with Gasteiger partial charge in [-0.05, 0) is 13.1 Å². The summed E-state index contributed by atoms with van der Waals surface area (Å²) in [4.78, 5) is 36.0. The summed E-state index contributed by atoms with van der Waals surface area (Å²) in [5.74, 6) is 0.752. The lowest BCUT2D eigenvalue weighted by molar-refractivity contribution is -0.131. The van der Waals surface area contributed by atoms with Gasteiger partial charge >= 0.3 is 0 Å². The summed E-state index contributed by atoms with van der Waals surface area (Å²) >= 11 is 0. The number of piperazine rings is 1. The number of carbonyl (C=O) groups excluding carboxylic acids is 2. The molecule has 0 unspecified atom stereocenters. The van der Waals surface area contributed by atoms with Crippen LogP contribution < -0.4 is 15.5 Å². The second-order valence-corrected chi connectivity index (χ2v) is 5.37. The molecule has 1 aromatic rings. The monoisotopic (exact) mass is 392 g/mol. The molecule has 2 amide bonds. The molecule has 8 nitrogen and oxygen atoms in total. The van der Waals surface area contributed by atoms with E-state index in [4.69, 9.17) is 0 Å². The lowest BCUT2D eigenvalue weighted by Crippen LogP contribution is -2.49. The number of hydrogen-bond donors (Lipinski definition) is 2. The number of nitrogens with zero attached hydrogens (tertiary/aromatic N) is 4. The Hall–Kier alpha value is -1.64. The maximum Gasteiger partial charge on any atom is 0.225 e. The maximum absolute atomic E-state index is 12.1. The van der Waals surface area contributed by atoms with Crippen LogP contribution in [0.3, 0.4) is 0 Å². The van der Waals surface area contributed by atoms with Crippen molar-refractivity contribution in [2.75, 3.05) is 51.2 Å². The van der Waals surface area contributed by atoms with Crippen LogP contribution in [0.1, 0.15) is 12.8 Å². The van der Waals surface area contributed by atoms with Crippen molar-refractivity contribution in [1.29, 1.82) is 0 Å². The molecule has 1 aliphatic heterocycles. The first-order valence-corrected chi connectivity index (χ1v) is 7.91. The van der Waals surface area contributed by atoms with E-state index in [9.17, 15) is 9.59 Å². The number of halogens is 2. The molecule has 0 radical (unpaired) electrons. The topological polar surface area (TPSA) is 90.5 Å². The van der Waals surface area contributed by atoms with E-state index < -0.39 is 0 Å². The molecular weight excluding hydrogens is 367 g/mol. The van der Waals surface area contributed by atoms with Gasteiger partial charge in [-0.15, -0.1) is 24.8 Å². The molecule has 2 heterocycles. The number of anilines is 1. The van der Waals surface area contributed by atoms with Crippen molar-refractivity contribution in [3.05, 3.63) is 18.5 Å². The number of hydrogen-bond acceptors (Lipinski definition) is 6. The molecule has 1 aliphatic rings. The Bertz CT molecular complexity index is 512. The summed E-state index contributed by atoms with van der Waals surface area (Å²) < 4.78 is 0. The van der Waals surface area contributed by atoms with Crippen LogP contribution in [-0.4, -0.2) is 73.0 Å². The van der Waals surface area contributed by atoms with Crippen LogP contribution >= 0.6 is 24.8 Å². The van der Waals surface area contributed by atoms with Gasteiger partial charge in [0, 0.05) is 64.5 Å². The van der Waals surface area contributed by atoms with E-state index in [1.807, 2.05) is 4.90 Å². The second kappa shape index (κ2) is 12.7. The van der Waals surface area contributed by atoms with Crippen molar-refractivity contribution in [1.82, 2.24) is 25.5 Å². The van der Waals surface area contributed by atoms with Crippen molar-refractivity contribution in [3.8, 4) is 0 Å². The maximum atomic E-state index is 12.1. The standard InChI is InChI=1S/C15H24N6O2.2ClH/c1-16-7-3-13(22)17-8-4-14(23)20-9-11-21(12-10-20)15-18-5-2-6-19-15;;/h2,5-6,16H,3-4,7-12H2,1H3,(H,17,22);2*1H. The minimum absolute atomic E-state index is 0. The summed E-state index contributed by atoms with van der Waals surface area (Å²) in [6.45, 7) is 3.80. The Morgan fingerprint density at radius 3 is 2.28 bits per heavy atom. The molecule has 2 rings (SSSR count). The summed E-state index contributed by atoms with van der Waals surface area (Å²) in [5, 5.41) is 5.68. The molecule has 0 aromatic carbocycles. The van der Waals surface area contributed by atoms with Crippen molar-refractivity contribution >= 4 is 42.6 Å². The van der Waals surface area contributed by atoms with Gasteiger partial charge in [-0.1, -0.05) is 0 Å². The summed E-state index contributed by atoms with van der Waals surface area (Å²) in [7, 11) is 1.80. The van der Waals surface area contributed by atoms with Crippen LogP contribution in [-0.2, 0) is 9.59 Å². The second-order valence-electron chi connectivity index (χ2n) is 5.37. The Morgan fingerprint density at radius 1 is 1.04 bits per heavy atom. The number of carbonyl (C=O) groups is 2. The van der Waals surface area contributed by atoms with Gasteiger partial charge in [0.25, 0.3) is 0 Å². The molecule has 0 atom stereocenters. The lowest BCUT2D eigenvalue weighted by atomic mass is 10.2. The zero-order valence-electron chi connectivity index (χ0n) is 14.3. The Balaban J connectivity index is 0.00000288. The predicted molar refractivity (Wildman–Crippen MR) is 101 cm³/mol. The quantitative estimate of drug-likeness (QED) is 0.682. The van der Waals surface area contributed by atoms with Crippen molar-refractivity contribution in [2.45, 2.75) is 12.8 Å². The molecule has 0 bridgehead atoms. The van der Waals surface area contributed by atoms with Crippen molar-refractivity contribution in [3.63, 3.8) is 0 Å². The van der Waals surface area contributed by atoms with Crippen LogP contribution in [0.15, 0.2) is 18.5 Å². The van der Waals surface area contributed by atoms with Crippen molar-refractivity contribution < 1.29 is 9.59 Å². The Morgan fingerprint density at radius 2 is 1.68 bits per heavy atom. The van der Waals surface area contributed by atoms with Crippen LogP contribution in [0.5, 0.6) is 0 Å². The molecule has 10 heteroatoms. The highest BCUT2D eigenvalue weighted by Gasteiger charge is 2.22. The number of nitrogens with one attached hydrogen (secondary N) is 2. The van der Waals surface area contributed by atoms with E-state index in [2.05, 4.69) is 25.5 Å². The number of aromatic nitrogens is 2. The molecule has 0 spiro atoms. The zero-order chi connectivity index (χ0) is 16.5. The van der Waals surface area contributed by atoms with Gasteiger partial charge in [-0.2, -0.15) is 0 Å². The summed E-state index contributed by atoms with van der Waals surface area (Å²) in [6, 6.07) is 1.79. The van der Waals surface area contributed by atoms with Gasteiger partial charge < -0.3 is 20.4 Å². The SMILES string of the molecule is CNCCC(=O)NCCC(=O)N1CCN(c2ncccn2)CC1.Cl.Cl. The lowest BCUT2D eigenvalue weighted by Gasteiger charge is -2.34. The molecular formula is C15H26Cl2N6O2. The molecule has 1 aromatic heterocycles. The average Bonchev–Trinajstić information content (AvgIpc) is 2.60. The van der Waals surface area contributed by atoms with Crippen LogP contribution in [0, 0.1) is 0 Å². The van der Waals surface area contributed by atoms with Gasteiger partial charge in [0.15, 0.2) is 0 Å². The molecule has 2 N–H and O–H groups in total. The van der Waals surface area contributed by atoms with Gasteiger partial charge in [0.1, 0.15) is 0 Å². The summed E-state index contributed by atoms with van der Waals surface area (Å²) in [5.41, 5.74) is 0. The Labute approximate surface area is 160 Å². The third-order valence-electron chi connectivity index (χ3n) is 3.73. The zero-order valence-corrected chi connectivity index (χ0v) is 15.9. The third kappa shape index (κ3) is 7.85.